The number of aliphatic carboxylic acids is 1. The van der Waals surface area contributed by atoms with Crippen LogP contribution in [0.3, 0.4) is 0 Å². The van der Waals surface area contributed by atoms with Gasteiger partial charge in [0.05, 0.1) is 29.2 Å². The molecule has 238 valence electrons. The van der Waals surface area contributed by atoms with E-state index < -0.39 is 17.7 Å². The minimum absolute atomic E-state index is 0.127. The van der Waals surface area contributed by atoms with Gasteiger partial charge in [-0.25, -0.2) is 9.78 Å². The average Bonchev–Trinajstić information content (AvgIpc) is 3.28. The number of benzene rings is 2. The Labute approximate surface area is 266 Å². The number of hydrogen-bond acceptors (Lipinski definition) is 6. The van der Waals surface area contributed by atoms with Crippen molar-refractivity contribution in [2.75, 3.05) is 18.6 Å². The molecule has 1 unspecified atom stereocenters. The average molecular weight is 612 g/mol. The number of aromatic nitrogens is 2. The number of carbonyl (C=O) groups is 2. The highest BCUT2D eigenvalue weighted by Crippen LogP contribution is 2.40. The summed E-state index contributed by atoms with van der Waals surface area (Å²) in [6.45, 7) is 17.9. The fraction of sp³-hybridized carbons (Fsp3) is 0.378. The van der Waals surface area contributed by atoms with E-state index >= 15 is 0 Å². The predicted molar refractivity (Wildman–Crippen MR) is 180 cm³/mol. The number of allylic oxidation sites excluding steroid dienone is 2. The van der Waals surface area contributed by atoms with Crippen molar-refractivity contribution in [1.82, 2.24) is 9.55 Å². The molecule has 8 heteroatoms. The normalized spacial score (nSPS) is 14.9. The zero-order valence-electron chi connectivity index (χ0n) is 27.9. The number of carboxylic acid groups (broad SMARTS) is 1. The van der Waals surface area contributed by atoms with Crippen molar-refractivity contribution in [3.05, 3.63) is 93.7 Å². The molecule has 0 aliphatic carbocycles. The lowest BCUT2D eigenvalue weighted by atomic mass is 9.86. The monoisotopic (exact) mass is 611 g/mol. The Morgan fingerprint density at radius 2 is 1.87 bits per heavy atom. The first-order valence-corrected chi connectivity index (χ1v) is 15.2. The van der Waals surface area contributed by atoms with Gasteiger partial charge in [-0.15, -0.1) is 0 Å². The van der Waals surface area contributed by atoms with E-state index in [2.05, 4.69) is 32.6 Å². The van der Waals surface area contributed by atoms with Crippen LogP contribution >= 0.6 is 0 Å². The number of hydrogen-bond donors (Lipinski definition) is 1. The zero-order chi connectivity index (χ0) is 33.2. The van der Waals surface area contributed by atoms with Gasteiger partial charge in [0.1, 0.15) is 11.6 Å². The van der Waals surface area contributed by atoms with Crippen LogP contribution in [0.2, 0.25) is 0 Å². The van der Waals surface area contributed by atoms with Crippen LogP contribution in [0.15, 0.2) is 54.2 Å². The van der Waals surface area contributed by atoms with Gasteiger partial charge in [0.25, 0.3) is 0 Å². The summed E-state index contributed by atoms with van der Waals surface area (Å²) in [7, 11) is 3.74. The fourth-order valence-electron chi connectivity index (χ4n) is 5.77. The summed E-state index contributed by atoms with van der Waals surface area (Å²) in [6, 6.07) is 12.1. The Morgan fingerprint density at radius 3 is 2.44 bits per heavy atom. The van der Waals surface area contributed by atoms with Crippen molar-refractivity contribution < 1.29 is 24.2 Å². The van der Waals surface area contributed by atoms with Crippen molar-refractivity contribution in [1.29, 1.82) is 0 Å². The maximum Gasteiger partial charge on any atom is 0.337 e. The number of carboxylic acids is 1. The Hall–Kier alpha value is -4.43. The summed E-state index contributed by atoms with van der Waals surface area (Å²) < 4.78 is 14.0. The number of aldehydes is 1. The molecule has 2 heterocycles. The SMILES string of the molecule is C=Cc1c(C)nc(/C(C=O)=C(/C(=C(/C)N(C)c2ccc(C)c(C)c2)c2ccc3c(c2)CCCO3)C(OC(C)(C)C)C(=O)O)n1C. The number of carbonyl (C=O) groups excluding carboxylic acids is 1. The third kappa shape index (κ3) is 6.96. The van der Waals surface area contributed by atoms with Crippen LogP contribution in [0.4, 0.5) is 5.69 Å². The van der Waals surface area contributed by atoms with Gasteiger partial charge in [-0.05, 0) is 114 Å². The zero-order valence-corrected chi connectivity index (χ0v) is 27.9. The van der Waals surface area contributed by atoms with E-state index in [4.69, 9.17) is 14.5 Å². The molecule has 8 nitrogen and oxygen atoms in total. The van der Waals surface area contributed by atoms with E-state index in [1.165, 1.54) is 5.56 Å². The molecule has 0 spiro atoms. The third-order valence-corrected chi connectivity index (χ3v) is 8.33. The lowest BCUT2D eigenvalue weighted by molar-refractivity contribution is -0.155. The molecular formula is C37H45N3O5. The van der Waals surface area contributed by atoms with Crippen molar-refractivity contribution in [3.8, 4) is 5.75 Å². The molecule has 0 radical (unpaired) electrons. The van der Waals surface area contributed by atoms with Crippen LogP contribution in [-0.4, -0.2) is 52.3 Å². The van der Waals surface area contributed by atoms with Gasteiger partial charge in [-0.1, -0.05) is 18.7 Å². The van der Waals surface area contributed by atoms with Crippen LogP contribution in [0.5, 0.6) is 5.75 Å². The molecule has 1 aromatic heterocycles. The quantitative estimate of drug-likeness (QED) is 0.148. The Balaban J connectivity index is 2.18. The topological polar surface area (TPSA) is 93.9 Å². The molecule has 45 heavy (non-hydrogen) atoms. The number of nitrogens with zero attached hydrogens (tertiary/aromatic N) is 3. The van der Waals surface area contributed by atoms with Gasteiger partial charge in [-0.3, -0.25) is 4.79 Å². The first kappa shape index (κ1) is 33.5. The smallest absolute Gasteiger partial charge is 0.337 e. The summed E-state index contributed by atoms with van der Waals surface area (Å²) in [5.74, 6) is -0.0760. The van der Waals surface area contributed by atoms with E-state index in [0.29, 0.717) is 30.0 Å². The highest BCUT2D eigenvalue weighted by molar-refractivity contribution is 6.14. The number of fused-ring (bicyclic) bond motifs is 1. The first-order chi connectivity index (χ1) is 21.2. The van der Waals surface area contributed by atoms with Crippen LogP contribution in [0.1, 0.15) is 73.6 Å². The largest absolute Gasteiger partial charge is 0.493 e. The van der Waals surface area contributed by atoms with Crippen molar-refractivity contribution in [2.45, 2.75) is 73.0 Å². The van der Waals surface area contributed by atoms with Gasteiger partial charge in [0.15, 0.2) is 12.4 Å². The Kier molecular flexibility index (Phi) is 9.88. The van der Waals surface area contributed by atoms with Crippen LogP contribution in [0, 0.1) is 20.8 Å². The molecule has 0 saturated heterocycles. The van der Waals surface area contributed by atoms with E-state index in [1.807, 2.05) is 50.1 Å². The molecule has 0 amide bonds. The van der Waals surface area contributed by atoms with Crippen molar-refractivity contribution in [2.24, 2.45) is 7.05 Å². The molecule has 1 aliphatic rings. The Bertz CT molecular complexity index is 1700. The molecule has 1 aliphatic heterocycles. The standard InChI is InChI=1S/C37H45N3O5/c1-11-30-24(4)38-35(40(30)10)29(21-41)33(34(36(42)43)45-37(6,7)8)32(27-15-17-31-26(20-27)13-12-18-44-31)25(5)39(9)28-16-14-22(2)23(3)19-28/h11,14-17,19-21,34H,1,12-13,18H2,2-10H3,(H,42,43)/b32-25-,33-29-. The third-order valence-electron chi connectivity index (χ3n) is 8.33. The molecule has 0 saturated carbocycles. The molecule has 3 aromatic rings. The molecule has 0 bridgehead atoms. The van der Waals surface area contributed by atoms with Crippen molar-refractivity contribution >= 4 is 35.2 Å². The molecular weight excluding hydrogens is 566 g/mol. The summed E-state index contributed by atoms with van der Waals surface area (Å²) >= 11 is 0. The van der Waals surface area contributed by atoms with Crippen LogP contribution in [0.25, 0.3) is 17.2 Å². The van der Waals surface area contributed by atoms with Gasteiger partial charge in [0, 0.05) is 36.6 Å². The minimum atomic E-state index is -1.50. The van der Waals surface area contributed by atoms with Crippen LogP contribution in [-0.2, 0) is 27.8 Å². The predicted octanol–water partition coefficient (Wildman–Crippen LogP) is 7.10. The number of imidazole rings is 1. The number of anilines is 1. The van der Waals surface area contributed by atoms with Crippen molar-refractivity contribution in [3.63, 3.8) is 0 Å². The van der Waals surface area contributed by atoms with E-state index in [0.717, 1.165) is 52.4 Å². The van der Waals surface area contributed by atoms with Gasteiger partial charge < -0.3 is 24.0 Å². The second-order valence-corrected chi connectivity index (χ2v) is 12.6. The van der Waals surface area contributed by atoms with Crippen LogP contribution < -0.4 is 9.64 Å². The molecule has 2 aromatic carbocycles. The summed E-state index contributed by atoms with van der Waals surface area (Å²) in [5.41, 5.74) is 7.20. The molecule has 4 rings (SSSR count). The van der Waals surface area contributed by atoms with Gasteiger partial charge in [-0.2, -0.15) is 0 Å². The molecule has 0 fully saturated rings. The number of aryl methyl sites for hydroxylation is 4. The van der Waals surface area contributed by atoms with E-state index in [-0.39, 0.29) is 11.1 Å². The minimum Gasteiger partial charge on any atom is -0.493 e. The summed E-state index contributed by atoms with van der Waals surface area (Å²) in [4.78, 5) is 33.3. The van der Waals surface area contributed by atoms with E-state index in [1.54, 1.807) is 38.5 Å². The van der Waals surface area contributed by atoms with E-state index in [9.17, 15) is 14.7 Å². The van der Waals surface area contributed by atoms with Gasteiger partial charge >= 0.3 is 5.97 Å². The highest BCUT2D eigenvalue weighted by Gasteiger charge is 2.36. The second-order valence-electron chi connectivity index (χ2n) is 12.6. The Morgan fingerprint density at radius 1 is 1.16 bits per heavy atom. The number of ether oxygens (including phenoxy) is 2. The summed E-state index contributed by atoms with van der Waals surface area (Å²) in [6.07, 6.45) is 2.56. The lowest BCUT2D eigenvalue weighted by Crippen LogP contribution is -2.36. The molecule has 1 atom stereocenters. The fourth-order valence-corrected chi connectivity index (χ4v) is 5.77. The second kappa shape index (κ2) is 13.3. The lowest BCUT2D eigenvalue weighted by Gasteiger charge is -2.32. The first-order valence-electron chi connectivity index (χ1n) is 15.2. The molecule has 1 N–H and O–H groups in total. The van der Waals surface area contributed by atoms with Gasteiger partial charge in [0.2, 0.25) is 0 Å². The maximum atomic E-state index is 13.3. The highest BCUT2D eigenvalue weighted by atomic mass is 16.5. The maximum absolute atomic E-state index is 13.3. The number of rotatable bonds is 10. The summed E-state index contributed by atoms with van der Waals surface area (Å²) in [5, 5.41) is 10.8.